The molecule has 0 bridgehead atoms. The highest BCUT2D eigenvalue weighted by Crippen LogP contribution is 2.08. The summed E-state index contributed by atoms with van der Waals surface area (Å²) >= 11 is 0. The summed E-state index contributed by atoms with van der Waals surface area (Å²) in [6.07, 6.45) is 2.05. The van der Waals surface area contributed by atoms with E-state index in [-0.39, 0.29) is 5.91 Å². The third-order valence-corrected chi connectivity index (χ3v) is 2.77. The molecule has 0 heterocycles. The van der Waals surface area contributed by atoms with E-state index in [2.05, 4.69) is 10.2 Å². The van der Waals surface area contributed by atoms with Gasteiger partial charge in [-0.25, -0.2) is 0 Å². The number of benzene rings is 1. The summed E-state index contributed by atoms with van der Waals surface area (Å²) in [5.74, 6) is -0.106. The molecule has 0 spiro atoms. The number of amides is 1. The van der Waals surface area contributed by atoms with Gasteiger partial charge in [0.15, 0.2) is 0 Å². The molecule has 0 saturated carbocycles. The predicted octanol–water partition coefficient (Wildman–Crippen LogP) is 1.14. The molecule has 1 aromatic rings. The molecule has 1 atom stereocenters. The standard InChI is InChI=1S/C14H23N3O/c1-17(2)11-7-6-10-16-14(18)13(15)12-8-4-3-5-9-12/h3-5,8-9,13H,6-7,10-11,15H2,1-2H3,(H,16,18)/t13-/m1/s1. The molecule has 0 aliphatic rings. The lowest BCUT2D eigenvalue weighted by Gasteiger charge is -2.13. The van der Waals surface area contributed by atoms with Crippen LogP contribution < -0.4 is 11.1 Å². The second-order valence-corrected chi connectivity index (χ2v) is 4.69. The minimum Gasteiger partial charge on any atom is -0.354 e. The first-order chi connectivity index (χ1) is 8.61. The minimum atomic E-state index is -0.569. The lowest BCUT2D eigenvalue weighted by Crippen LogP contribution is -2.34. The third-order valence-electron chi connectivity index (χ3n) is 2.77. The summed E-state index contributed by atoms with van der Waals surface area (Å²) < 4.78 is 0. The zero-order chi connectivity index (χ0) is 13.4. The molecule has 0 aromatic heterocycles. The lowest BCUT2D eigenvalue weighted by atomic mass is 10.1. The summed E-state index contributed by atoms with van der Waals surface area (Å²) in [5.41, 5.74) is 6.73. The zero-order valence-electron chi connectivity index (χ0n) is 11.2. The van der Waals surface area contributed by atoms with Gasteiger partial charge in [0.2, 0.25) is 5.91 Å². The molecule has 0 aliphatic heterocycles. The topological polar surface area (TPSA) is 58.4 Å². The molecule has 1 aromatic carbocycles. The highest BCUT2D eigenvalue weighted by Gasteiger charge is 2.14. The average molecular weight is 249 g/mol. The molecule has 0 aliphatic carbocycles. The van der Waals surface area contributed by atoms with Gasteiger partial charge in [0.1, 0.15) is 6.04 Å². The van der Waals surface area contributed by atoms with Crippen LogP contribution in [0.2, 0.25) is 0 Å². The molecule has 1 amide bonds. The van der Waals surface area contributed by atoms with Crippen molar-refractivity contribution in [2.24, 2.45) is 5.73 Å². The lowest BCUT2D eigenvalue weighted by molar-refractivity contribution is -0.122. The van der Waals surface area contributed by atoms with Crippen molar-refractivity contribution in [3.05, 3.63) is 35.9 Å². The van der Waals surface area contributed by atoms with Crippen molar-refractivity contribution in [1.82, 2.24) is 10.2 Å². The Bertz CT molecular complexity index is 351. The largest absolute Gasteiger partial charge is 0.354 e. The number of hydrogen-bond acceptors (Lipinski definition) is 3. The van der Waals surface area contributed by atoms with E-state index in [1.54, 1.807) is 0 Å². The monoisotopic (exact) mass is 249 g/mol. The van der Waals surface area contributed by atoms with Crippen LogP contribution >= 0.6 is 0 Å². The van der Waals surface area contributed by atoms with E-state index < -0.39 is 6.04 Å². The van der Waals surface area contributed by atoms with Crippen molar-refractivity contribution in [3.8, 4) is 0 Å². The molecule has 18 heavy (non-hydrogen) atoms. The number of carbonyl (C=O) groups is 1. The highest BCUT2D eigenvalue weighted by atomic mass is 16.2. The maximum Gasteiger partial charge on any atom is 0.241 e. The van der Waals surface area contributed by atoms with Gasteiger partial charge in [0.25, 0.3) is 0 Å². The Hall–Kier alpha value is -1.39. The van der Waals surface area contributed by atoms with Gasteiger partial charge in [0.05, 0.1) is 0 Å². The fraction of sp³-hybridized carbons (Fsp3) is 0.500. The number of nitrogens with zero attached hydrogens (tertiary/aromatic N) is 1. The predicted molar refractivity (Wildman–Crippen MR) is 74.2 cm³/mol. The van der Waals surface area contributed by atoms with Crippen molar-refractivity contribution in [3.63, 3.8) is 0 Å². The molecule has 0 fully saturated rings. The molecular formula is C14H23N3O. The SMILES string of the molecule is CN(C)CCCCNC(=O)[C@H](N)c1ccccc1. The Kier molecular flexibility index (Phi) is 6.39. The van der Waals surface area contributed by atoms with Crippen LogP contribution in [0, 0.1) is 0 Å². The molecule has 3 N–H and O–H groups in total. The molecule has 4 nitrogen and oxygen atoms in total. The Morgan fingerprint density at radius 1 is 1.28 bits per heavy atom. The number of carbonyl (C=O) groups excluding carboxylic acids is 1. The molecule has 0 unspecified atom stereocenters. The molecule has 1 rings (SSSR count). The van der Waals surface area contributed by atoms with Crippen LogP contribution in [0.15, 0.2) is 30.3 Å². The molecule has 0 radical (unpaired) electrons. The Morgan fingerprint density at radius 3 is 2.56 bits per heavy atom. The van der Waals surface area contributed by atoms with Gasteiger partial charge in [-0.1, -0.05) is 30.3 Å². The van der Waals surface area contributed by atoms with Crippen LogP contribution in [0.5, 0.6) is 0 Å². The van der Waals surface area contributed by atoms with Crippen LogP contribution in [0.25, 0.3) is 0 Å². The van der Waals surface area contributed by atoms with Crippen LogP contribution in [-0.2, 0) is 4.79 Å². The summed E-state index contributed by atoms with van der Waals surface area (Å²) in [5, 5.41) is 2.87. The zero-order valence-corrected chi connectivity index (χ0v) is 11.2. The number of nitrogens with two attached hydrogens (primary N) is 1. The second kappa shape index (κ2) is 7.84. The van der Waals surface area contributed by atoms with Crippen LogP contribution in [-0.4, -0.2) is 38.0 Å². The van der Waals surface area contributed by atoms with Gasteiger partial charge < -0.3 is 16.0 Å². The first-order valence-electron chi connectivity index (χ1n) is 6.34. The summed E-state index contributed by atoms with van der Waals surface area (Å²) in [4.78, 5) is 13.9. The molecular weight excluding hydrogens is 226 g/mol. The van der Waals surface area contributed by atoms with E-state index in [1.807, 2.05) is 44.4 Å². The fourth-order valence-electron chi connectivity index (χ4n) is 1.69. The number of unbranched alkanes of at least 4 members (excludes halogenated alkanes) is 1. The van der Waals surface area contributed by atoms with E-state index in [0.717, 1.165) is 24.9 Å². The van der Waals surface area contributed by atoms with Crippen molar-refractivity contribution in [2.45, 2.75) is 18.9 Å². The smallest absolute Gasteiger partial charge is 0.241 e. The van der Waals surface area contributed by atoms with Crippen LogP contribution in [0.3, 0.4) is 0 Å². The summed E-state index contributed by atoms with van der Waals surface area (Å²) in [6.45, 7) is 1.73. The van der Waals surface area contributed by atoms with Gasteiger partial charge in [-0.05, 0) is 39.0 Å². The molecule has 4 heteroatoms. The highest BCUT2D eigenvalue weighted by molar-refractivity contribution is 5.82. The van der Waals surface area contributed by atoms with E-state index in [1.165, 1.54) is 0 Å². The molecule has 100 valence electrons. The van der Waals surface area contributed by atoms with Gasteiger partial charge in [0, 0.05) is 6.54 Å². The first-order valence-corrected chi connectivity index (χ1v) is 6.34. The van der Waals surface area contributed by atoms with E-state index in [0.29, 0.717) is 6.54 Å². The Labute approximate surface area is 109 Å². The fourth-order valence-corrected chi connectivity index (χ4v) is 1.69. The van der Waals surface area contributed by atoms with Gasteiger partial charge >= 0.3 is 0 Å². The summed E-state index contributed by atoms with van der Waals surface area (Å²) in [7, 11) is 4.09. The van der Waals surface area contributed by atoms with E-state index in [9.17, 15) is 4.79 Å². The van der Waals surface area contributed by atoms with Crippen molar-refractivity contribution < 1.29 is 4.79 Å². The van der Waals surface area contributed by atoms with Gasteiger partial charge in [-0.2, -0.15) is 0 Å². The number of nitrogens with one attached hydrogen (secondary N) is 1. The average Bonchev–Trinajstić information content (AvgIpc) is 2.38. The van der Waals surface area contributed by atoms with Crippen LogP contribution in [0.4, 0.5) is 0 Å². The van der Waals surface area contributed by atoms with Crippen molar-refractivity contribution in [1.29, 1.82) is 0 Å². The number of rotatable bonds is 7. The number of hydrogen-bond donors (Lipinski definition) is 2. The second-order valence-electron chi connectivity index (χ2n) is 4.69. The molecule has 0 saturated heterocycles. The van der Waals surface area contributed by atoms with Crippen molar-refractivity contribution in [2.75, 3.05) is 27.2 Å². The maximum atomic E-state index is 11.8. The van der Waals surface area contributed by atoms with E-state index >= 15 is 0 Å². The van der Waals surface area contributed by atoms with Gasteiger partial charge in [-0.3, -0.25) is 4.79 Å². The minimum absolute atomic E-state index is 0.106. The van der Waals surface area contributed by atoms with Gasteiger partial charge in [-0.15, -0.1) is 0 Å². The third kappa shape index (κ3) is 5.29. The van der Waals surface area contributed by atoms with E-state index in [4.69, 9.17) is 5.73 Å². The van der Waals surface area contributed by atoms with Crippen LogP contribution in [0.1, 0.15) is 24.4 Å². The Morgan fingerprint density at radius 2 is 1.94 bits per heavy atom. The normalized spacial score (nSPS) is 12.4. The maximum absolute atomic E-state index is 11.8. The quantitative estimate of drug-likeness (QED) is 0.713. The Balaban J connectivity index is 2.25. The first kappa shape index (κ1) is 14.7. The van der Waals surface area contributed by atoms with Crippen molar-refractivity contribution >= 4 is 5.91 Å². The summed E-state index contributed by atoms with van der Waals surface area (Å²) in [6, 6.07) is 8.86.